The Kier molecular flexibility index (Phi) is 4.59. The number of hydrogen-bond donors (Lipinski definition) is 2. The summed E-state index contributed by atoms with van der Waals surface area (Å²) in [5.41, 5.74) is 6.13. The lowest BCUT2D eigenvalue weighted by Gasteiger charge is -2.40. The van der Waals surface area contributed by atoms with E-state index in [-0.39, 0.29) is 16.7 Å². The van der Waals surface area contributed by atoms with E-state index in [9.17, 15) is 4.79 Å². The lowest BCUT2D eigenvalue weighted by atomic mass is 9.66. The molecule has 0 aromatic carbocycles. The van der Waals surface area contributed by atoms with Crippen LogP contribution in [-0.4, -0.2) is 19.0 Å². The fraction of sp³-hybridized carbons (Fsp3) is 0.929. The van der Waals surface area contributed by atoms with Crippen LogP contribution in [0.4, 0.5) is 0 Å². The third-order valence-electron chi connectivity index (χ3n) is 4.47. The van der Waals surface area contributed by atoms with E-state index in [2.05, 4.69) is 33.0 Å². The van der Waals surface area contributed by atoms with Crippen LogP contribution in [0.2, 0.25) is 0 Å². The van der Waals surface area contributed by atoms with Gasteiger partial charge in [0, 0.05) is 13.0 Å². The molecular formula is C14H28N2O. The first-order valence-electron chi connectivity index (χ1n) is 6.76. The highest BCUT2D eigenvalue weighted by Crippen LogP contribution is 2.42. The van der Waals surface area contributed by atoms with Crippen LogP contribution in [0, 0.1) is 16.7 Å². The van der Waals surface area contributed by atoms with Crippen LogP contribution in [0.1, 0.15) is 53.4 Å². The number of amides is 1. The fourth-order valence-electron chi connectivity index (χ4n) is 2.11. The maximum absolute atomic E-state index is 11.9. The number of nitrogens with one attached hydrogen (secondary N) is 1. The van der Waals surface area contributed by atoms with Crippen molar-refractivity contribution >= 4 is 5.91 Å². The van der Waals surface area contributed by atoms with Gasteiger partial charge in [-0.15, -0.1) is 0 Å². The summed E-state index contributed by atoms with van der Waals surface area (Å²) in [6.07, 6.45) is 4.07. The second kappa shape index (κ2) is 5.38. The lowest BCUT2D eigenvalue weighted by Crippen LogP contribution is -2.43. The molecule has 17 heavy (non-hydrogen) atoms. The smallest absolute Gasteiger partial charge is 0.220 e. The third kappa shape index (κ3) is 3.98. The van der Waals surface area contributed by atoms with Gasteiger partial charge in [0.25, 0.3) is 0 Å². The molecule has 1 aliphatic rings. The highest BCUT2D eigenvalue weighted by molar-refractivity contribution is 5.76. The Morgan fingerprint density at radius 3 is 2.35 bits per heavy atom. The van der Waals surface area contributed by atoms with Crippen molar-refractivity contribution in [3.8, 4) is 0 Å². The van der Waals surface area contributed by atoms with E-state index in [4.69, 9.17) is 5.73 Å². The van der Waals surface area contributed by atoms with E-state index in [1.165, 1.54) is 6.42 Å². The van der Waals surface area contributed by atoms with Crippen LogP contribution in [-0.2, 0) is 4.79 Å². The number of carbonyl (C=O) groups is 1. The minimum atomic E-state index is 0.120. The van der Waals surface area contributed by atoms with E-state index in [0.717, 1.165) is 19.4 Å². The minimum absolute atomic E-state index is 0.120. The van der Waals surface area contributed by atoms with Gasteiger partial charge in [-0.3, -0.25) is 4.79 Å². The quantitative estimate of drug-likeness (QED) is 0.774. The molecule has 1 aliphatic carbocycles. The maximum Gasteiger partial charge on any atom is 0.220 e. The molecule has 0 spiro atoms. The van der Waals surface area contributed by atoms with Crippen molar-refractivity contribution in [2.75, 3.05) is 13.1 Å². The van der Waals surface area contributed by atoms with Crippen molar-refractivity contribution in [3.05, 3.63) is 0 Å². The Labute approximate surface area is 106 Å². The van der Waals surface area contributed by atoms with Crippen molar-refractivity contribution in [3.63, 3.8) is 0 Å². The molecule has 0 radical (unpaired) electrons. The highest BCUT2D eigenvalue weighted by atomic mass is 16.1. The Morgan fingerprint density at radius 1 is 1.41 bits per heavy atom. The molecule has 0 heterocycles. The summed E-state index contributed by atoms with van der Waals surface area (Å²) >= 11 is 0. The summed E-state index contributed by atoms with van der Waals surface area (Å²) in [6.45, 7) is 10.2. The van der Waals surface area contributed by atoms with Crippen molar-refractivity contribution in [2.45, 2.75) is 53.4 Å². The van der Waals surface area contributed by atoms with Crippen LogP contribution >= 0.6 is 0 Å². The van der Waals surface area contributed by atoms with Crippen LogP contribution < -0.4 is 11.1 Å². The maximum atomic E-state index is 11.9. The molecule has 1 atom stereocenters. The van der Waals surface area contributed by atoms with Gasteiger partial charge in [0.1, 0.15) is 0 Å². The largest absolute Gasteiger partial charge is 0.356 e. The molecule has 0 aromatic heterocycles. The van der Waals surface area contributed by atoms with Gasteiger partial charge in [0.2, 0.25) is 5.91 Å². The van der Waals surface area contributed by atoms with Gasteiger partial charge in [0.15, 0.2) is 0 Å². The SMILES string of the molecule is CC(CNC(=O)CC1(CN)CCC1)C(C)(C)C. The first-order valence-corrected chi connectivity index (χ1v) is 6.76. The molecular weight excluding hydrogens is 212 g/mol. The van der Waals surface area contributed by atoms with E-state index in [1.807, 2.05) is 0 Å². The number of hydrogen-bond acceptors (Lipinski definition) is 2. The van der Waals surface area contributed by atoms with E-state index < -0.39 is 0 Å². The average Bonchev–Trinajstić information content (AvgIpc) is 2.18. The predicted molar refractivity (Wildman–Crippen MR) is 71.6 cm³/mol. The molecule has 0 aliphatic heterocycles. The Bertz CT molecular complexity index is 258. The zero-order chi connectivity index (χ0) is 13.1. The van der Waals surface area contributed by atoms with E-state index >= 15 is 0 Å². The topological polar surface area (TPSA) is 55.1 Å². The fourth-order valence-corrected chi connectivity index (χ4v) is 2.11. The third-order valence-corrected chi connectivity index (χ3v) is 4.47. The second-order valence-electron chi connectivity index (χ2n) is 6.81. The molecule has 0 bridgehead atoms. The number of rotatable bonds is 5. The molecule has 1 rings (SSSR count). The first-order chi connectivity index (χ1) is 7.79. The molecule has 3 heteroatoms. The molecule has 1 fully saturated rings. The Morgan fingerprint density at radius 2 is 2.00 bits per heavy atom. The predicted octanol–water partition coefficient (Wildman–Crippen LogP) is 2.30. The van der Waals surface area contributed by atoms with Crippen molar-refractivity contribution in [1.29, 1.82) is 0 Å². The van der Waals surface area contributed by atoms with Gasteiger partial charge in [0.05, 0.1) is 0 Å². The van der Waals surface area contributed by atoms with Crippen LogP contribution in [0.3, 0.4) is 0 Å². The number of carbonyl (C=O) groups excluding carboxylic acids is 1. The van der Waals surface area contributed by atoms with Gasteiger partial charge in [-0.25, -0.2) is 0 Å². The zero-order valence-electron chi connectivity index (χ0n) is 11.8. The average molecular weight is 240 g/mol. The van der Waals surface area contributed by atoms with Crippen LogP contribution in [0.15, 0.2) is 0 Å². The summed E-state index contributed by atoms with van der Waals surface area (Å²) < 4.78 is 0. The van der Waals surface area contributed by atoms with Gasteiger partial charge < -0.3 is 11.1 Å². The molecule has 0 aromatic rings. The second-order valence-corrected chi connectivity index (χ2v) is 6.81. The molecule has 3 nitrogen and oxygen atoms in total. The molecule has 1 unspecified atom stereocenters. The van der Waals surface area contributed by atoms with Crippen LogP contribution in [0.25, 0.3) is 0 Å². The molecule has 1 saturated carbocycles. The van der Waals surface area contributed by atoms with Gasteiger partial charge >= 0.3 is 0 Å². The van der Waals surface area contributed by atoms with Gasteiger partial charge in [-0.2, -0.15) is 0 Å². The van der Waals surface area contributed by atoms with Gasteiger partial charge in [-0.05, 0) is 36.1 Å². The summed E-state index contributed by atoms with van der Waals surface area (Å²) in [6, 6.07) is 0. The van der Waals surface area contributed by atoms with Crippen LogP contribution in [0.5, 0.6) is 0 Å². The molecule has 100 valence electrons. The summed E-state index contributed by atoms with van der Waals surface area (Å²) in [5, 5.41) is 3.05. The molecule has 1 amide bonds. The monoisotopic (exact) mass is 240 g/mol. The summed E-state index contributed by atoms with van der Waals surface area (Å²) in [4.78, 5) is 11.9. The molecule has 0 saturated heterocycles. The zero-order valence-corrected chi connectivity index (χ0v) is 11.8. The Balaban J connectivity index is 2.31. The summed E-state index contributed by atoms with van der Waals surface area (Å²) in [7, 11) is 0. The molecule has 3 N–H and O–H groups in total. The normalized spacial score (nSPS) is 20.5. The van der Waals surface area contributed by atoms with E-state index in [1.54, 1.807) is 0 Å². The van der Waals surface area contributed by atoms with E-state index in [0.29, 0.717) is 18.9 Å². The first kappa shape index (κ1) is 14.5. The standard InChI is InChI=1S/C14H28N2O/c1-11(13(2,3)4)9-16-12(17)8-14(10-15)6-5-7-14/h11H,5-10,15H2,1-4H3,(H,16,17). The van der Waals surface area contributed by atoms with Gasteiger partial charge in [-0.1, -0.05) is 34.1 Å². The number of nitrogens with two attached hydrogens (primary N) is 1. The lowest BCUT2D eigenvalue weighted by molar-refractivity contribution is -0.125. The summed E-state index contributed by atoms with van der Waals surface area (Å²) in [5.74, 6) is 0.660. The van der Waals surface area contributed by atoms with Crippen molar-refractivity contribution < 1.29 is 4.79 Å². The van der Waals surface area contributed by atoms with Crippen molar-refractivity contribution in [2.24, 2.45) is 22.5 Å². The minimum Gasteiger partial charge on any atom is -0.356 e. The Hall–Kier alpha value is -0.570. The van der Waals surface area contributed by atoms with Crippen molar-refractivity contribution in [1.82, 2.24) is 5.32 Å². The highest BCUT2D eigenvalue weighted by Gasteiger charge is 2.37.